The Labute approximate surface area is 156 Å². The average molecular weight is 363 g/mol. The number of benzene rings is 2. The van der Waals surface area contributed by atoms with Crippen molar-refractivity contribution in [2.45, 2.75) is 13.5 Å². The number of carbonyl (C=O) groups excluding carboxylic acids is 2. The molecular formula is C21H18FN3O2. The van der Waals surface area contributed by atoms with Gasteiger partial charge in [-0.3, -0.25) is 14.6 Å². The predicted molar refractivity (Wildman–Crippen MR) is 102 cm³/mol. The van der Waals surface area contributed by atoms with Crippen LogP contribution >= 0.6 is 0 Å². The molecule has 0 aliphatic carbocycles. The highest BCUT2D eigenvalue weighted by Gasteiger charge is 2.10. The lowest BCUT2D eigenvalue weighted by Gasteiger charge is -2.09. The van der Waals surface area contributed by atoms with E-state index in [2.05, 4.69) is 15.6 Å². The molecule has 1 amide bonds. The highest BCUT2D eigenvalue weighted by Crippen LogP contribution is 2.15. The average Bonchev–Trinajstić information content (AvgIpc) is 2.68. The molecule has 27 heavy (non-hydrogen) atoms. The van der Waals surface area contributed by atoms with Crippen LogP contribution in [0, 0.1) is 5.82 Å². The minimum Gasteiger partial charge on any atom is -0.381 e. The largest absolute Gasteiger partial charge is 0.381 e. The molecule has 6 heteroatoms. The zero-order valence-corrected chi connectivity index (χ0v) is 14.7. The van der Waals surface area contributed by atoms with Crippen LogP contribution in [0.3, 0.4) is 0 Å². The SMILES string of the molecule is CC(=O)c1cccc(NC(=O)c2cc(NCc3ccccc3F)ccn2)c1. The van der Waals surface area contributed by atoms with Crippen LogP contribution in [0.25, 0.3) is 0 Å². The quantitative estimate of drug-likeness (QED) is 0.641. The first kappa shape index (κ1) is 18.3. The first-order chi connectivity index (χ1) is 13.0. The Hall–Kier alpha value is -3.54. The second-order valence-corrected chi connectivity index (χ2v) is 5.97. The molecule has 0 radical (unpaired) electrons. The molecule has 3 aromatic rings. The van der Waals surface area contributed by atoms with Gasteiger partial charge in [-0.1, -0.05) is 30.3 Å². The number of nitrogens with zero attached hydrogens (tertiary/aromatic N) is 1. The van der Waals surface area contributed by atoms with Crippen molar-refractivity contribution in [3.05, 3.63) is 89.5 Å². The third-order valence-electron chi connectivity index (χ3n) is 3.96. The first-order valence-electron chi connectivity index (χ1n) is 8.38. The van der Waals surface area contributed by atoms with Gasteiger partial charge in [-0.2, -0.15) is 0 Å². The van der Waals surface area contributed by atoms with Gasteiger partial charge in [-0.25, -0.2) is 4.39 Å². The molecule has 0 atom stereocenters. The summed E-state index contributed by atoms with van der Waals surface area (Å²) in [6, 6.07) is 16.5. The van der Waals surface area contributed by atoms with Gasteiger partial charge in [-0.05, 0) is 37.3 Å². The van der Waals surface area contributed by atoms with E-state index in [0.717, 1.165) is 0 Å². The second kappa shape index (κ2) is 8.23. The molecule has 0 saturated carbocycles. The van der Waals surface area contributed by atoms with Crippen LogP contribution in [0.1, 0.15) is 33.3 Å². The van der Waals surface area contributed by atoms with E-state index in [9.17, 15) is 14.0 Å². The molecule has 0 fully saturated rings. The van der Waals surface area contributed by atoms with E-state index in [-0.39, 0.29) is 17.3 Å². The van der Waals surface area contributed by atoms with Crippen LogP contribution in [0.4, 0.5) is 15.8 Å². The molecule has 0 bridgehead atoms. The lowest BCUT2D eigenvalue weighted by atomic mass is 10.1. The summed E-state index contributed by atoms with van der Waals surface area (Å²) in [6.07, 6.45) is 1.50. The van der Waals surface area contributed by atoms with E-state index in [0.29, 0.717) is 29.0 Å². The van der Waals surface area contributed by atoms with Gasteiger partial charge in [0.25, 0.3) is 5.91 Å². The van der Waals surface area contributed by atoms with Crippen molar-refractivity contribution < 1.29 is 14.0 Å². The van der Waals surface area contributed by atoms with Gasteiger partial charge in [0, 0.05) is 35.2 Å². The van der Waals surface area contributed by atoms with Crippen LogP contribution < -0.4 is 10.6 Å². The molecule has 1 heterocycles. The fourth-order valence-electron chi connectivity index (χ4n) is 2.51. The van der Waals surface area contributed by atoms with Gasteiger partial charge in [0.1, 0.15) is 11.5 Å². The molecule has 3 rings (SSSR count). The fourth-order valence-corrected chi connectivity index (χ4v) is 2.51. The Kier molecular flexibility index (Phi) is 5.56. The number of rotatable bonds is 6. The number of amides is 1. The van der Waals surface area contributed by atoms with E-state index in [4.69, 9.17) is 0 Å². The number of ketones is 1. The molecule has 136 valence electrons. The standard InChI is InChI=1S/C21H18FN3O2/c1-14(26)15-6-4-7-18(11-15)25-21(27)20-12-17(9-10-23-20)24-13-16-5-2-3-8-19(16)22/h2-12H,13H2,1H3,(H,23,24)(H,25,27). The highest BCUT2D eigenvalue weighted by atomic mass is 19.1. The lowest BCUT2D eigenvalue weighted by Crippen LogP contribution is -2.14. The molecule has 0 unspecified atom stereocenters. The van der Waals surface area contributed by atoms with Crippen molar-refractivity contribution in [3.8, 4) is 0 Å². The normalized spacial score (nSPS) is 10.3. The van der Waals surface area contributed by atoms with Gasteiger partial charge in [0.15, 0.2) is 5.78 Å². The summed E-state index contributed by atoms with van der Waals surface area (Å²) in [4.78, 5) is 28.0. The Morgan fingerprint density at radius 3 is 2.59 bits per heavy atom. The van der Waals surface area contributed by atoms with E-state index in [1.54, 1.807) is 54.6 Å². The van der Waals surface area contributed by atoms with Crippen LogP contribution in [-0.2, 0) is 6.54 Å². The Balaban J connectivity index is 1.69. The van der Waals surface area contributed by atoms with Crippen molar-refractivity contribution in [1.29, 1.82) is 0 Å². The smallest absolute Gasteiger partial charge is 0.274 e. The number of pyridine rings is 1. The van der Waals surface area contributed by atoms with Crippen LogP contribution in [-0.4, -0.2) is 16.7 Å². The van der Waals surface area contributed by atoms with E-state index in [1.807, 2.05) is 0 Å². The van der Waals surface area contributed by atoms with E-state index >= 15 is 0 Å². The van der Waals surface area contributed by atoms with Crippen molar-refractivity contribution in [3.63, 3.8) is 0 Å². The summed E-state index contributed by atoms with van der Waals surface area (Å²) >= 11 is 0. The topological polar surface area (TPSA) is 71.1 Å². The number of halogens is 1. The predicted octanol–water partition coefficient (Wildman–Crippen LogP) is 4.29. The summed E-state index contributed by atoms with van der Waals surface area (Å²) < 4.78 is 13.7. The molecule has 2 N–H and O–H groups in total. The summed E-state index contributed by atoms with van der Waals surface area (Å²) in [5, 5.41) is 5.80. The van der Waals surface area contributed by atoms with Crippen LogP contribution in [0.15, 0.2) is 66.9 Å². The fraction of sp³-hybridized carbons (Fsp3) is 0.0952. The summed E-state index contributed by atoms with van der Waals surface area (Å²) in [5.74, 6) is -0.767. The maximum absolute atomic E-state index is 13.7. The molecule has 0 spiro atoms. The highest BCUT2D eigenvalue weighted by molar-refractivity contribution is 6.04. The second-order valence-electron chi connectivity index (χ2n) is 5.97. The number of nitrogens with one attached hydrogen (secondary N) is 2. The minimum atomic E-state index is -0.398. The van der Waals surface area contributed by atoms with Gasteiger partial charge in [0.05, 0.1) is 0 Å². The summed E-state index contributed by atoms with van der Waals surface area (Å²) in [6.45, 7) is 1.76. The number of hydrogen-bond donors (Lipinski definition) is 2. The molecular weight excluding hydrogens is 345 g/mol. The number of anilines is 2. The van der Waals surface area contributed by atoms with Crippen molar-refractivity contribution in [2.75, 3.05) is 10.6 Å². The third-order valence-corrected chi connectivity index (χ3v) is 3.96. The lowest BCUT2D eigenvalue weighted by molar-refractivity contribution is 0.100. The van der Waals surface area contributed by atoms with Gasteiger partial charge < -0.3 is 10.6 Å². The number of carbonyl (C=O) groups is 2. The molecule has 0 saturated heterocycles. The number of aromatic nitrogens is 1. The molecule has 1 aromatic heterocycles. The van der Waals surface area contributed by atoms with Crippen molar-refractivity contribution >= 4 is 23.1 Å². The minimum absolute atomic E-state index is 0.0800. The molecule has 0 aliphatic heterocycles. The third kappa shape index (κ3) is 4.76. The monoisotopic (exact) mass is 363 g/mol. The first-order valence-corrected chi connectivity index (χ1v) is 8.38. The van der Waals surface area contributed by atoms with E-state index in [1.165, 1.54) is 19.2 Å². The Morgan fingerprint density at radius 1 is 1.00 bits per heavy atom. The molecule has 0 aliphatic rings. The zero-order chi connectivity index (χ0) is 19.2. The zero-order valence-electron chi connectivity index (χ0n) is 14.7. The van der Waals surface area contributed by atoms with Gasteiger partial charge in [-0.15, -0.1) is 0 Å². The van der Waals surface area contributed by atoms with E-state index < -0.39 is 5.91 Å². The molecule has 5 nitrogen and oxygen atoms in total. The Morgan fingerprint density at radius 2 is 1.81 bits per heavy atom. The number of hydrogen-bond acceptors (Lipinski definition) is 4. The maximum Gasteiger partial charge on any atom is 0.274 e. The van der Waals surface area contributed by atoms with Crippen LogP contribution in [0.2, 0.25) is 0 Å². The van der Waals surface area contributed by atoms with Crippen LogP contribution in [0.5, 0.6) is 0 Å². The van der Waals surface area contributed by atoms with Gasteiger partial charge >= 0.3 is 0 Å². The summed E-state index contributed by atoms with van der Waals surface area (Å²) in [7, 11) is 0. The summed E-state index contributed by atoms with van der Waals surface area (Å²) in [5.41, 5.74) is 2.42. The Bertz CT molecular complexity index is 988. The van der Waals surface area contributed by atoms with Crippen molar-refractivity contribution in [1.82, 2.24) is 4.98 Å². The molecule has 2 aromatic carbocycles. The van der Waals surface area contributed by atoms with Gasteiger partial charge in [0.2, 0.25) is 0 Å². The van der Waals surface area contributed by atoms with Crippen molar-refractivity contribution in [2.24, 2.45) is 0 Å². The maximum atomic E-state index is 13.7. The number of Topliss-reactive ketones (excluding diaryl/α,β-unsaturated/α-hetero) is 1.